The van der Waals surface area contributed by atoms with Crippen molar-refractivity contribution in [2.75, 3.05) is 6.54 Å². The molecule has 2 aromatic rings. The number of aromatic nitrogens is 3. The van der Waals surface area contributed by atoms with Crippen LogP contribution < -0.4 is 0 Å². The molecule has 7 heteroatoms. The lowest BCUT2D eigenvalue weighted by atomic mass is 10.2. The number of ether oxygens (including phenoxy) is 1. The van der Waals surface area contributed by atoms with Crippen LogP contribution >= 0.6 is 15.9 Å². The Morgan fingerprint density at radius 1 is 1.33 bits per heavy atom. The second kappa shape index (κ2) is 6.55. The predicted octanol–water partition coefficient (Wildman–Crippen LogP) is 4.31. The van der Waals surface area contributed by atoms with Gasteiger partial charge in [-0.15, -0.1) is 0 Å². The van der Waals surface area contributed by atoms with Gasteiger partial charge in [-0.1, -0.05) is 0 Å². The minimum atomic E-state index is -0.500. The zero-order chi connectivity index (χ0) is 17.3. The predicted molar refractivity (Wildman–Crippen MR) is 94.4 cm³/mol. The van der Waals surface area contributed by atoms with E-state index >= 15 is 0 Å². The second-order valence-electron chi connectivity index (χ2n) is 6.88. The van der Waals surface area contributed by atoms with Gasteiger partial charge in [-0.25, -0.2) is 9.78 Å². The molecule has 0 aromatic carbocycles. The summed E-state index contributed by atoms with van der Waals surface area (Å²) in [5.74, 6) is 0.776. The zero-order valence-corrected chi connectivity index (χ0v) is 15.6. The number of nitrogens with zero attached hydrogens (tertiary/aromatic N) is 3. The Balaban J connectivity index is 1.78. The van der Waals surface area contributed by atoms with Crippen LogP contribution in [0.4, 0.5) is 4.79 Å². The number of aromatic amines is 1. The molecule has 1 aliphatic rings. The molecule has 0 bridgehead atoms. The normalized spacial score (nSPS) is 18.0. The summed E-state index contributed by atoms with van der Waals surface area (Å²) in [5.41, 5.74) is 1.16. The number of carbonyl (C=O) groups is 1. The van der Waals surface area contributed by atoms with E-state index in [1.54, 1.807) is 17.3 Å². The smallest absolute Gasteiger partial charge is 0.410 e. The van der Waals surface area contributed by atoms with Crippen molar-refractivity contribution >= 4 is 22.0 Å². The molecule has 1 saturated heterocycles. The fourth-order valence-electron chi connectivity index (χ4n) is 2.76. The minimum absolute atomic E-state index is 0.0796. The van der Waals surface area contributed by atoms with Gasteiger partial charge in [0.05, 0.1) is 23.6 Å². The molecule has 128 valence electrons. The number of carbonyl (C=O) groups excluding carboxylic acids is 1. The third-order valence-electron chi connectivity index (χ3n) is 3.80. The highest BCUT2D eigenvalue weighted by Crippen LogP contribution is 2.32. The highest BCUT2D eigenvalue weighted by atomic mass is 79.9. The van der Waals surface area contributed by atoms with Crippen LogP contribution in [0.1, 0.15) is 45.5 Å². The van der Waals surface area contributed by atoms with E-state index in [9.17, 15) is 4.79 Å². The SMILES string of the molecule is CC(C)(C)OC(=O)N1CCC[C@H]1c1ncc(-c2ccc(Br)cn2)[nH]1. The minimum Gasteiger partial charge on any atom is -0.444 e. The van der Waals surface area contributed by atoms with Crippen LogP contribution in [0.3, 0.4) is 0 Å². The van der Waals surface area contributed by atoms with E-state index in [-0.39, 0.29) is 12.1 Å². The molecular weight excluding hydrogens is 372 g/mol. The number of pyridine rings is 1. The van der Waals surface area contributed by atoms with Gasteiger partial charge in [-0.05, 0) is 61.7 Å². The van der Waals surface area contributed by atoms with Crippen molar-refractivity contribution in [2.45, 2.75) is 45.3 Å². The number of H-pyrrole nitrogens is 1. The van der Waals surface area contributed by atoms with Gasteiger partial charge in [0.25, 0.3) is 0 Å². The molecule has 0 unspecified atom stereocenters. The molecule has 3 heterocycles. The Hall–Kier alpha value is -1.89. The van der Waals surface area contributed by atoms with E-state index in [0.29, 0.717) is 6.54 Å². The molecular formula is C17H21BrN4O2. The standard InChI is InChI=1S/C17H21BrN4O2/c1-17(2,3)24-16(23)22-8-4-5-14(22)15-20-10-13(21-15)12-7-6-11(18)9-19-12/h6-7,9-10,14H,4-5,8H2,1-3H3,(H,20,21)/t14-/m0/s1. The Bertz CT molecular complexity index is 721. The Morgan fingerprint density at radius 3 is 2.79 bits per heavy atom. The van der Waals surface area contributed by atoms with Crippen molar-refractivity contribution in [3.05, 3.63) is 34.8 Å². The molecule has 0 radical (unpaired) electrons. The van der Waals surface area contributed by atoms with Crippen molar-refractivity contribution in [2.24, 2.45) is 0 Å². The second-order valence-corrected chi connectivity index (χ2v) is 7.79. The van der Waals surface area contributed by atoms with Crippen LogP contribution in [0, 0.1) is 0 Å². The van der Waals surface area contributed by atoms with E-state index in [1.807, 2.05) is 32.9 Å². The van der Waals surface area contributed by atoms with Gasteiger partial charge < -0.3 is 9.72 Å². The summed E-state index contributed by atoms with van der Waals surface area (Å²) in [6, 6.07) is 3.77. The molecule has 3 rings (SSSR count). The van der Waals surface area contributed by atoms with Gasteiger partial charge in [0.2, 0.25) is 0 Å². The largest absolute Gasteiger partial charge is 0.444 e. The zero-order valence-electron chi connectivity index (χ0n) is 14.0. The van der Waals surface area contributed by atoms with Crippen LogP contribution in [-0.2, 0) is 4.74 Å². The summed E-state index contributed by atoms with van der Waals surface area (Å²) >= 11 is 3.38. The van der Waals surface area contributed by atoms with Crippen molar-refractivity contribution in [1.82, 2.24) is 19.9 Å². The summed E-state index contributed by atoms with van der Waals surface area (Å²) in [7, 11) is 0. The first-order chi connectivity index (χ1) is 11.3. The van der Waals surface area contributed by atoms with Crippen molar-refractivity contribution in [1.29, 1.82) is 0 Å². The fourth-order valence-corrected chi connectivity index (χ4v) is 3.00. The molecule has 6 nitrogen and oxygen atoms in total. The topological polar surface area (TPSA) is 71.1 Å². The molecule has 2 aromatic heterocycles. The lowest BCUT2D eigenvalue weighted by Crippen LogP contribution is -2.36. The number of hydrogen-bond acceptors (Lipinski definition) is 4. The van der Waals surface area contributed by atoms with E-state index in [0.717, 1.165) is 34.5 Å². The third-order valence-corrected chi connectivity index (χ3v) is 4.26. The number of imidazole rings is 1. The molecule has 1 aliphatic heterocycles. The average molecular weight is 393 g/mol. The van der Waals surface area contributed by atoms with Crippen molar-refractivity contribution in [3.63, 3.8) is 0 Å². The van der Waals surface area contributed by atoms with E-state index in [4.69, 9.17) is 4.74 Å². The van der Waals surface area contributed by atoms with E-state index in [1.165, 1.54) is 0 Å². The average Bonchev–Trinajstić information content (AvgIpc) is 3.15. The summed E-state index contributed by atoms with van der Waals surface area (Å²) in [6.45, 7) is 6.31. The van der Waals surface area contributed by atoms with Gasteiger partial charge in [-0.3, -0.25) is 9.88 Å². The van der Waals surface area contributed by atoms with Gasteiger partial charge in [-0.2, -0.15) is 0 Å². The first-order valence-electron chi connectivity index (χ1n) is 8.00. The Labute approximate surface area is 149 Å². The van der Waals surface area contributed by atoms with Crippen LogP contribution in [0.5, 0.6) is 0 Å². The van der Waals surface area contributed by atoms with Gasteiger partial charge in [0, 0.05) is 17.2 Å². The van der Waals surface area contributed by atoms with Crippen LogP contribution in [0.2, 0.25) is 0 Å². The number of nitrogens with one attached hydrogen (secondary N) is 1. The molecule has 0 spiro atoms. The maximum absolute atomic E-state index is 12.4. The van der Waals surface area contributed by atoms with Gasteiger partial charge in [0.1, 0.15) is 11.4 Å². The van der Waals surface area contributed by atoms with Crippen molar-refractivity contribution < 1.29 is 9.53 Å². The molecule has 0 aliphatic carbocycles. The molecule has 1 amide bonds. The highest BCUT2D eigenvalue weighted by molar-refractivity contribution is 9.10. The van der Waals surface area contributed by atoms with Gasteiger partial charge in [0.15, 0.2) is 0 Å². The maximum atomic E-state index is 12.4. The molecule has 1 atom stereocenters. The molecule has 1 N–H and O–H groups in total. The fraction of sp³-hybridized carbons (Fsp3) is 0.471. The van der Waals surface area contributed by atoms with Crippen LogP contribution in [0.25, 0.3) is 11.4 Å². The summed E-state index contributed by atoms with van der Waals surface area (Å²) in [5, 5.41) is 0. The van der Waals surface area contributed by atoms with Crippen molar-refractivity contribution in [3.8, 4) is 11.4 Å². The Kier molecular flexibility index (Phi) is 4.62. The first kappa shape index (κ1) is 17.0. The highest BCUT2D eigenvalue weighted by Gasteiger charge is 2.34. The number of hydrogen-bond donors (Lipinski definition) is 1. The molecule has 1 fully saturated rings. The lowest BCUT2D eigenvalue weighted by Gasteiger charge is -2.27. The lowest BCUT2D eigenvalue weighted by molar-refractivity contribution is 0.0219. The molecule has 24 heavy (non-hydrogen) atoms. The summed E-state index contributed by atoms with van der Waals surface area (Å²) in [4.78, 5) is 26.3. The quantitative estimate of drug-likeness (QED) is 0.826. The number of rotatable bonds is 2. The monoisotopic (exact) mass is 392 g/mol. The Morgan fingerprint density at radius 2 is 2.12 bits per heavy atom. The number of amides is 1. The van der Waals surface area contributed by atoms with Crippen LogP contribution in [0.15, 0.2) is 29.0 Å². The summed E-state index contributed by atoms with van der Waals surface area (Å²) < 4.78 is 6.43. The first-order valence-corrected chi connectivity index (χ1v) is 8.79. The van der Waals surface area contributed by atoms with E-state index in [2.05, 4.69) is 30.9 Å². The maximum Gasteiger partial charge on any atom is 0.410 e. The summed E-state index contributed by atoms with van der Waals surface area (Å²) in [6.07, 6.45) is 5.04. The van der Waals surface area contributed by atoms with E-state index < -0.39 is 5.60 Å². The van der Waals surface area contributed by atoms with Gasteiger partial charge >= 0.3 is 6.09 Å². The van der Waals surface area contributed by atoms with Crippen LogP contribution in [-0.4, -0.2) is 38.1 Å². The third kappa shape index (κ3) is 3.77. The number of likely N-dealkylation sites (tertiary alicyclic amines) is 1. The number of halogens is 1. The molecule has 0 saturated carbocycles.